The molecule has 20 heavy (non-hydrogen) atoms. The van der Waals surface area contributed by atoms with Crippen molar-refractivity contribution in [2.45, 2.75) is 13.5 Å². The number of hydrogen-bond donors (Lipinski definition) is 1. The molecule has 0 unspecified atom stereocenters. The number of halogens is 1. The van der Waals surface area contributed by atoms with Gasteiger partial charge in [-0.2, -0.15) is 4.98 Å². The molecule has 2 aromatic heterocycles. The summed E-state index contributed by atoms with van der Waals surface area (Å²) < 4.78 is 8.87. The van der Waals surface area contributed by atoms with E-state index in [0.29, 0.717) is 12.4 Å². The van der Waals surface area contributed by atoms with Crippen LogP contribution in [0.15, 0.2) is 47.1 Å². The Hall–Kier alpha value is -1.85. The van der Waals surface area contributed by atoms with Crippen LogP contribution in [0.1, 0.15) is 11.3 Å². The van der Waals surface area contributed by atoms with E-state index >= 15 is 0 Å². The zero-order valence-corrected chi connectivity index (χ0v) is 12.6. The first-order chi connectivity index (χ1) is 9.69. The van der Waals surface area contributed by atoms with E-state index in [1.807, 2.05) is 53.9 Å². The molecule has 0 saturated carbocycles. The summed E-state index contributed by atoms with van der Waals surface area (Å²) in [7, 11) is 0. The number of aromatic nitrogens is 2. The Kier molecular flexibility index (Phi) is 3.46. The predicted molar refractivity (Wildman–Crippen MR) is 82.0 cm³/mol. The van der Waals surface area contributed by atoms with Gasteiger partial charge in [-0.3, -0.25) is 4.40 Å². The van der Waals surface area contributed by atoms with Gasteiger partial charge in [0.1, 0.15) is 17.1 Å². The maximum Gasteiger partial charge on any atom is 0.242 e. The highest BCUT2D eigenvalue weighted by molar-refractivity contribution is 9.10. The van der Waals surface area contributed by atoms with E-state index in [2.05, 4.69) is 20.9 Å². The Morgan fingerprint density at radius 2 is 2.15 bits per heavy atom. The molecule has 0 spiro atoms. The molecule has 102 valence electrons. The van der Waals surface area contributed by atoms with Gasteiger partial charge in [-0.25, -0.2) is 0 Å². The maximum atomic E-state index is 5.96. The maximum absolute atomic E-state index is 5.96. The van der Waals surface area contributed by atoms with Crippen molar-refractivity contribution in [3.05, 3.63) is 58.3 Å². The molecule has 0 saturated heterocycles. The van der Waals surface area contributed by atoms with Crippen molar-refractivity contribution in [2.24, 2.45) is 5.73 Å². The van der Waals surface area contributed by atoms with Crippen LogP contribution in [0.4, 0.5) is 0 Å². The van der Waals surface area contributed by atoms with Crippen molar-refractivity contribution in [3.63, 3.8) is 0 Å². The molecule has 0 aliphatic carbocycles. The van der Waals surface area contributed by atoms with Crippen LogP contribution >= 0.6 is 15.9 Å². The van der Waals surface area contributed by atoms with Gasteiger partial charge in [0.2, 0.25) is 5.88 Å². The van der Waals surface area contributed by atoms with Gasteiger partial charge in [0.05, 0.1) is 0 Å². The number of fused-ring (bicyclic) bond motifs is 1. The van der Waals surface area contributed by atoms with Crippen LogP contribution in [0.2, 0.25) is 0 Å². The largest absolute Gasteiger partial charge is 0.437 e. The van der Waals surface area contributed by atoms with Gasteiger partial charge in [0.15, 0.2) is 0 Å². The Bertz CT molecular complexity index is 767. The molecule has 0 fully saturated rings. The van der Waals surface area contributed by atoms with E-state index in [1.54, 1.807) is 0 Å². The number of ether oxygens (including phenoxy) is 1. The van der Waals surface area contributed by atoms with E-state index in [-0.39, 0.29) is 0 Å². The highest BCUT2D eigenvalue weighted by Crippen LogP contribution is 2.30. The second-order valence-electron chi connectivity index (χ2n) is 4.51. The van der Waals surface area contributed by atoms with Crippen molar-refractivity contribution in [3.8, 4) is 11.6 Å². The Morgan fingerprint density at radius 3 is 2.95 bits per heavy atom. The van der Waals surface area contributed by atoms with Gasteiger partial charge in [0.25, 0.3) is 0 Å². The molecule has 3 rings (SSSR count). The fraction of sp³-hybridized carbons (Fsp3) is 0.133. The number of nitrogens with two attached hydrogens (primary N) is 1. The Balaban J connectivity index is 2.08. The third-order valence-electron chi connectivity index (χ3n) is 3.14. The van der Waals surface area contributed by atoms with Crippen LogP contribution in [-0.4, -0.2) is 9.38 Å². The minimum Gasteiger partial charge on any atom is -0.437 e. The zero-order valence-electron chi connectivity index (χ0n) is 11.0. The molecule has 0 atom stereocenters. The predicted octanol–water partition coefficient (Wildman–Crippen LogP) is 3.66. The molecule has 0 amide bonds. The third-order valence-corrected chi connectivity index (χ3v) is 3.64. The van der Waals surface area contributed by atoms with Crippen LogP contribution in [0, 0.1) is 6.92 Å². The molecular weight excluding hydrogens is 318 g/mol. The van der Waals surface area contributed by atoms with Crippen LogP contribution in [0.25, 0.3) is 5.65 Å². The molecule has 0 aliphatic heterocycles. The first-order valence-corrected chi connectivity index (χ1v) is 7.08. The van der Waals surface area contributed by atoms with Crippen LogP contribution < -0.4 is 10.5 Å². The first kappa shape index (κ1) is 13.1. The lowest BCUT2D eigenvalue weighted by atomic mass is 10.2. The quantitative estimate of drug-likeness (QED) is 0.796. The van der Waals surface area contributed by atoms with Crippen molar-refractivity contribution < 1.29 is 4.74 Å². The van der Waals surface area contributed by atoms with Crippen LogP contribution in [0.5, 0.6) is 11.6 Å². The zero-order chi connectivity index (χ0) is 14.1. The average molecular weight is 332 g/mol. The first-order valence-electron chi connectivity index (χ1n) is 6.29. The molecule has 0 aliphatic rings. The summed E-state index contributed by atoms with van der Waals surface area (Å²) in [6.45, 7) is 2.37. The molecule has 1 aromatic carbocycles. The average Bonchev–Trinajstić information content (AvgIpc) is 2.80. The van der Waals surface area contributed by atoms with Gasteiger partial charge in [-0.15, -0.1) is 0 Å². The van der Waals surface area contributed by atoms with E-state index in [4.69, 9.17) is 10.5 Å². The highest BCUT2D eigenvalue weighted by Gasteiger charge is 2.13. The number of rotatable bonds is 3. The Morgan fingerprint density at radius 1 is 1.30 bits per heavy atom. The summed E-state index contributed by atoms with van der Waals surface area (Å²) in [6, 6.07) is 11.7. The number of aryl methyl sites for hydroxylation is 1. The molecule has 2 heterocycles. The molecule has 0 radical (unpaired) electrons. The molecule has 4 nitrogen and oxygen atoms in total. The molecule has 3 aromatic rings. The van der Waals surface area contributed by atoms with E-state index in [1.165, 1.54) is 0 Å². The lowest BCUT2D eigenvalue weighted by Crippen LogP contribution is -2.02. The van der Waals surface area contributed by atoms with Crippen LogP contribution in [-0.2, 0) is 6.54 Å². The second kappa shape index (κ2) is 5.26. The molecule has 2 N–H and O–H groups in total. The molecule has 0 bridgehead atoms. The Labute approximate surface area is 125 Å². The van der Waals surface area contributed by atoms with Gasteiger partial charge in [0, 0.05) is 17.2 Å². The number of hydrogen-bond acceptors (Lipinski definition) is 3. The lowest BCUT2D eigenvalue weighted by Gasteiger charge is -2.08. The van der Waals surface area contributed by atoms with Gasteiger partial charge >= 0.3 is 0 Å². The van der Waals surface area contributed by atoms with E-state index in [9.17, 15) is 0 Å². The summed E-state index contributed by atoms with van der Waals surface area (Å²) in [5.41, 5.74) is 8.57. The van der Waals surface area contributed by atoms with Gasteiger partial charge in [-0.05, 0) is 36.8 Å². The topological polar surface area (TPSA) is 52.5 Å². The molecule has 5 heteroatoms. The SMILES string of the molecule is Cc1ccc(Br)cc1Oc1nc2ccccn2c1CN. The number of imidazole rings is 1. The minimum absolute atomic E-state index is 0.369. The fourth-order valence-corrected chi connectivity index (χ4v) is 2.42. The highest BCUT2D eigenvalue weighted by atomic mass is 79.9. The smallest absolute Gasteiger partial charge is 0.242 e. The summed E-state index contributed by atoms with van der Waals surface area (Å²) in [4.78, 5) is 4.50. The van der Waals surface area contributed by atoms with E-state index in [0.717, 1.165) is 27.1 Å². The molecular formula is C15H14BrN3O. The summed E-state index contributed by atoms with van der Waals surface area (Å²) >= 11 is 3.45. The monoisotopic (exact) mass is 331 g/mol. The lowest BCUT2D eigenvalue weighted by molar-refractivity contribution is 0.455. The summed E-state index contributed by atoms with van der Waals surface area (Å²) in [6.07, 6.45) is 1.94. The van der Waals surface area contributed by atoms with Crippen molar-refractivity contribution >= 4 is 21.6 Å². The van der Waals surface area contributed by atoms with Gasteiger partial charge in [-0.1, -0.05) is 28.1 Å². The summed E-state index contributed by atoms with van der Waals surface area (Å²) in [5, 5.41) is 0. The van der Waals surface area contributed by atoms with Crippen molar-refractivity contribution in [1.29, 1.82) is 0 Å². The second-order valence-corrected chi connectivity index (χ2v) is 5.42. The third kappa shape index (κ3) is 2.30. The number of benzene rings is 1. The van der Waals surface area contributed by atoms with Crippen molar-refractivity contribution in [2.75, 3.05) is 0 Å². The minimum atomic E-state index is 0.369. The summed E-state index contributed by atoms with van der Waals surface area (Å²) in [5.74, 6) is 1.33. The fourth-order valence-electron chi connectivity index (χ4n) is 2.08. The number of nitrogens with zero attached hydrogens (tertiary/aromatic N) is 2. The number of pyridine rings is 1. The van der Waals surface area contributed by atoms with Crippen LogP contribution in [0.3, 0.4) is 0 Å². The normalized spacial score (nSPS) is 10.9. The standard InChI is InChI=1S/C15H14BrN3O/c1-10-5-6-11(16)8-13(10)20-15-12(9-17)19-7-3-2-4-14(19)18-15/h2-8H,9,17H2,1H3. The van der Waals surface area contributed by atoms with Crippen molar-refractivity contribution in [1.82, 2.24) is 9.38 Å². The van der Waals surface area contributed by atoms with E-state index < -0.39 is 0 Å². The van der Waals surface area contributed by atoms with Gasteiger partial charge < -0.3 is 10.5 Å².